The summed E-state index contributed by atoms with van der Waals surface area (Å²) >= 11 is 5.64. The lowest BCUT2D eigenvalue weighted by molar-refractivity contribution is -0.386. The molecule has 0 aliphatic rings. The van der Waals surface area contributed by atoms with Gasteiger partial charge in [-0.15, -0.1) is 0 Å². The number of halogens is 2. The van der Waals surface area contributed by atoms with Crippen LogP contribution in [0, 0.1) is 15.9 Å². The third-order valence-corrected chi connectivity index (χ3v) is 3.02. The second-order valence-corrected chi connectivity index (χ2v) is 4.51. The van der Waals surface area contributed by atoms with E-state index in [4.69, 9.17) is 16.3 Å². The standard InChI is InChI=1S/C14H9ClFNO4/c15-11-3-1-2-10(14(11)16)8-21-13-5-4-9(7-18)6-12(13)17(19)20/h1-7H,8H2. The van der Waals surface area contributed by atoms with Crippen LogP contribution in [0.1, 0.15) is 15.9 Å². The van der Waals surface area contributed by atoms with Crippen LogP contribution in [0.4, 0.5) is 10.1 Å². The molecule has 0 bridgehead atoms. The molecule has 7 heteroatoms. The molecule has 108 valence electrons. The second kappa shape index (κ2) is 6.32. The van der Waals surface area contributed by atoms with Crippen molar-refractivity contribution in [1.29, 1.82) is 0 Å². The maximum atomic E-state index is 13.7. The number of rotatable bonds is 5. The van der Waals surface area contributed by atoms with E-state index < -0.39 is 10.7 Å². The van der Waals surface area contributed by atoms with Gasteiger partial charge in [-0.3, -0.25) is 14.9 Å². The van der Waals surface area contributed by atoms with Crippen LogP contribution in [0.15, 0.2) is 36.4 Å². The fourth-order valence-electron chi connectivity index (χ4n) is 1.69. The summed E-state index contributed by atoms with van der Waals surface area (Å²) in [6.45, 7) is -0.215. The minimum atomic E-state index is -0.670. The quantitative estimate of drug-likeness (QED) is 0.479. The van der Waals surface area contributed by atoms with Gasteiger partial charge in [0.15, 0.2) is 5.75 Å². The third kappa shape index (κ3) is 3.35. The first kappa shape index (κ1) is 14.9. The van der Waals surface area contributed by atoms with Crippen LogP contribution in [-0.4, -0.2) is 11.2 Å². The Labute approximate surface area is 124 Å². The van der Waals surface area contributed by atoms with Crippen LogP contribution in [-0.2, 0) is 6.61 Å². The predicted octanol–water partition coefficient (Wildman–Crippen LogP) is 3.78. The van der Waals surface area contributed by atoms with Crippen LogP contribution in [0.2, 0.25) is 5.02 Å². The van der Waals surface area contributed by atoms with Crippen LogP contribution in [0.25, 0.3) is 0 Å². The van der Waals surface area contributed by atoms with E-state index in [-0.39, 0.29) is 34.2 Å². The van der Waals surface area contributed by atoms with Crippen molar-refractivity contribution in [3.05, 3.63) is 68.5 Å². The molecule has 2 rings (SSSR count). The molecule has 21 heavy (non-hydrogen) atoms. The first-order valence-electron chi connectivity index (χ1n) is 5.82. The van der Waals surface area contributed by atoms with Crippen molar-refractivity contribution >= 4 is 23.6 Å². The van der Waals surface area contributed by atoms with Gasteiger partial charge >= 0.3 is 5.69 Å². The van der Waals surface area contributed by atoms with E-state index in [1.165, 1.54) is 24.3 Å². The van der Waals surface area contributed by atoms with Crippen LogP contribution in [0.5, 0.6) is 5.75 Å². The van der Waals surface area contributed by atoms with Gasteiger partial charge in [-0.05, 0) is 18.2 Å². The van der Waals surface area contributed by atoms with Gasteiger partial charge in [-0.25, -0.2) is 4.39 Å². The van der Waals surface area contributed by atoms with E-state index in [0.717, 1.165) is 6.07 Å². The Morgan fingerprint density at radius 1 is 1.33 bits per heavy atom. The van der Waals surface area contributed by atoms with Gasteiger partial charge in [-0.1, -0.05) is 23.7 Å². The third-order valence-electron chi connectivity index (χ3n) is 2.73. The van der Waals surface area contributed by atoms with Crippen molar-refractivity contribution < 1.29 is 18.8 Å². The highest BCUT2D eigenvalue weighted by molar-refractivity contribution is 6.30. The van der Waals surface area contributed by atoms with Crippen molar-refractivity contribution in [2.24, 2.45) is 0 Å². The molecule has 0 heterocycles. The van der Waals surface area contributed by atoms with Crippen molar-refractivity contribution in [1.82, 2.24) is 0 Å². The fraction of sp³-hybridized carbons (Fsp3) is 0.0714. The molecular formula is C14H9ClFNO4. The lowest BCUT2D eigenvalue weighted by Gasteiger charge is -2.08. The Morgan fingerprint density at radius 2 is 2.10 bits per heavy atom. The fourth-order valence-corrected chi connectivity index (χ4v) is 1.88. The van der Waals surface area contributed by atoms with E-state index in [0.29, 0.717) is 6.29 Å². The Balaban J connectivity index is 2.25. The molecule has 0 fully saturated rings. The summed E-state index contributed by atoms with van der Waals surface area (Å²) in [4.78, 5) is 20.9. The van der Waals surface area contributed by atoms with E-state index in [1.807, 2.05) is 0 Å². The summed E-state index contributed by atoms with van der Waals surface area (Å²) in [6, 6.07) is 8.17. The molecule has 0 aliphatic heterocycles. The zero-order valence-electron chi connectivity index (χ0n) is 10.6. The van der Waals surface area contributed by atoms with E-state index in [2.05, 4.69) is 0 Å². The van der Waals surface area contributed by atoms with Crippen LogP contribution in [0.3, 0.4) is 0 Å². The van der Waals surface area contributed by atoms with Gasteiger partial charge < -0.3 is 4.74 Å². The summed E-state index contributed by atoms with van der Waals surface area (Å²) < 4.78 is 19.0. The average molecular weight is 310 g/mol. The lowest BCUT2D eigenvalue weighted by Crippen LogP contribution is -2.02. The number of nitrogens with zero attached hydrogens (tertiary/aromatic N) is 1. The molecule has 0 N–H and O–H groups in total. The number of carbonyl (C=O) groups is 1. The number of nitro groups is 1. The summed E-state index contributed by atoms with van der Waals surface area (Å²) in [7, 11) is 0. The number of ether oxygens (including phenoxy) is 1. The maximum Gasteiger partial charge on any atom is 0.311 e. The monoisotopic (exact) mass is 309 g/mol. The molecule has 0 aromatic heterocycles. The van der Waals surface area contributed by atoms with Crippen LogP contribution < -0.4 is 4.74 Å². The average Bonchev–Trinajstić information content (AvgIpc) is 2.48. The zero-order chi connectivity index (χ0) is 15.4. The minimum Gasteiger partial charge on any atom is -0.482 e. The molecule has 0 aliphatic carbocycles. The SMILES string of the molecule is O=Cc1ccc(OCc2cccc(Cl)c2F)c([N+](=O)[O-])c1. The molecule has 0 spiro atoms. The number of benzene rings is 2. The summed E-state index contributed by atoms with van der Waals surface area (Å²) in [5.41, 5.74) is -0.0266. The first-order valence-corrected chi connectivity index (χ1v) is 6.20. The molecule has 2 aromatic carbocycles. The van der Waals surface area contributed by atoms with Gasteiger partial charge in [0.1, 0.15) is 18.7 Å². The lowest BCUT2D eigenvalue weighted by atomic mass is 10.2. The van der Waals surface area contributed by atoms with Crippen molar-refractivity contribution in [3.63, 3.8) is 0 Å². The Hall–Kier alpha value is -2.47. The molecule has 2 aromatic rings. The zero-order valence-corrected chi connectivity index (χ0v) is 11.3. The van der Waals surface area contributed by atoms with Crippen molar-refractivity contribution in [3.8, 4) is 5.75 Å². The van der Waals surface area contributed by atoms with Gasteiger partial charge in [0, 0.05) is 17.2 Å². The van der Waals surface area contributed by atoms with E-state index in [1.54, 1.807) is 6.07 Å². The number of hydrogen-bond acceptors (Lipinski definition) is 4. The molecule has 0 saturated carbocycles. The molecule has 0 saturated heterocycles. The Morgan fingerprint density at radius 3 is 2.76 bits per heavy atom. The molecular weight excluding hydrogens is 301 g/mol. The highest BCUT2D eigenvalue weighted by atomic mass is 35.5. The predicted molar refractivity (Wildman–Crippen MR) is 74.2 cm³/mol. The largest absolute Gasteiger partial charge is 0.482 e. The summed E-state index contributed by atoms with van der Waals surface area (Å²) in [5, 5.41) is 10.9. The number of nitro benzene ring substituents is 1. The molecule has 0 unspecified atom stereocenters. The summed E-state index contributed by atoms with van der Waals surface area (Å²) in [6.07, 6.45) is 0.493. The topological polar surface area (TPSA) is 69.4 Å². The molecule has 5 nitrogen and oxygen atoms in total. The highest BCUT2D eigenvalue weighted by Crippen LogP contribution is 2.29. The first-order chi connectivity index (χ1) is 10.0. The number of aldehydes is 1. The van der Waals surface area contributed by atoms with Gasteiger partial charge in [-0.2, -0.15) is 0 Å². The Bertz CT molecular complexity index is 705. The normalized spacial score (nSPS) is 10.2. The molecule has 0 atom stereocenters. The van der Waals surface area contributed by atoms with Gasteiger partial charge in [0.2, 0.25) is 0 Å². The van der Waals surface area contributed by atoms with E-state index >= 15 is 0 Å². The minimum absolute atomic E-state index is 0.0509. The molecule has 0 amide bonds. The van der Waals surface area contributed by atoms with Crippen molar-refractivity contribution in [2.45, 2.75) is 6.61 Å². The maximum absolute atomic E-state index is 13.7. The van der Waals surface area contributed by atoms with Gasteiger partial charge in [0.05, 0.1) is 9.95 Å². The van der Waals surface area contributed by atoms with Crippen molar-refractivity contribution in [2.75, 3.05) is 0 Å². The number of carbonyl (C=O) groups excluding carboxylic acids is 1. The highest BCUT2D eigenvalue weighted by Gasteiger charge is 2.17. The van der Waals surface area contributed by atoms with Crippen LogP contribution >= 0.6 is 11.6 Å². The smallest absolute Gasteiger partial charge is 0.311 e. The number of hydrogen-bond donors (Lipinski definition) is 0. The second-order valence-electron chi connectivity index (χ2n) is 4.10. The van der Waals surface area contributed by atoms with E-state index in [9.17, 15) is 19.3 Å². The Kier molecular flexibility index (Phi) is 4.49. The summed E-state index contributed by atoms with van der Waals surface area (Å²) in [5.74, 6) is -0.684. The molecule has 0 radical (unpaired) electrons. The van der Waals surface area contributed by atoms with Gasteiger partial charge in [0.25, 0.3) is 0 Å².